The molecule has 1 saturated carbocycles. The van der Waals surface area contributed by atoms with Crippen molar-refractivity contribution in [3.05, 3.63) is 24.5 Å². The lowest BCUT2D eigenvalue weighted by molar-refractivity contribution is -0.134. The average molecular weight is 372 g/mol. The first kappa shape index (κ1) is 17.5. The van der Waals surface area contributed by atoms with Gasteiger partial charge in [0.25, 0.3) is 0 Å². The quantitative estimate of drug-likeness (QED) is 0.752. The van der Waals surface area contributed by atoms with Crippen LogP contribution in [0.2, 0.25) is 0 Å². The molecule has 2 aromatic rings. The molecule has 2 aromatic heterocycles. The number of thioether (sulfide) groups is 1. The van der Waals surface area contributed by atoms with Crippen LogP contribution in [0.1, 0.15) is 52.0 Å². The van der Waals surface area contributed by atoms with E-state index >= 15 is 0 Å². The maximum absolute atomic E-state index is 12.8. The molecule has 2 aliphatic rings. The van der Waals surface area contributed by atoms with Gasteiger partial charge in [-0.05, 0) is 58.1 Å². The Morgan fingerprint density at radius 2 is 1.81 bits per heavy atom. The molecule has 2 fully saturated rings. The number of carbonyl (C=O) groups is 1. The zero-order chi connectivity index (χ0) is 18.1. The topological polar surface area (TPSA) is 63.9 Å². The summed E-state index contributed by atoms with van der Waals surface area (Å²) >= 11 is 1.52. The second-order valence-electron chi connectivity index (χ2n) is 7.36. The number of hydrogen-bond acceptors (Lipinski definition) is 5. The van der Waals surface area contributed by atoms with Crippen LogP contribution in [0.4, 0.5) is 0 Å². The van der Waals surface area contributed by atoms with Crippen LogP contribution in [0, 0.1) is 0 Å². The van der Waals surface area contributed by atoms with Gasteiger partial charge in [0.05, 0.1) is 5.75 Å². The van der Waals surface area contributed by atoms with Crippen molar-refractivity contribution in [2.24, 2.45) is 0 Å². The molecule has 1 aliphatic carbocycles. The van der Waals surface area contributed by atoms with E-state index in [9.17, 15) is 4.79 Å². The molecule has 26 heavy (non-hydrogen) atoms. The first-order valence-corrected chi connectivity index (χ1v) is 10.4. The third-order valence-corrected chi connectivity index (χ3v) is 6.25. The number of hydrogen-bond donors (Lipinski definition) is 0. The molecular weight excluding hydrogens is 346 g/mol. The van der Waals surface area contributed by atoms with Gasteiger partial charge in [0.2, 0.25) is 5.91 Å². The van der Waals surface area contributed by atoms with Gasteiger partial charge in [-0.1, -0.05) is 11.8 Å². The molecule has 2 atom stereocenters. The Bertz CT molecular complexity index is 763. The molecule has 138 valence electrons. The van der Waals surface area contributed by atoms with Gasteiger partial charge >= 0.3 is 0 Å². The minimum absolute atomic E-state index is 0.213. The largest absolute Gasteiger partial charge is 0.337 e. The molecule has 0 spiro atoms. The van der Waals surface area contributed by atoms with Crippen LogP contribution in [-0.4, -0.2) is 48.4 Å². The number of nitrogens with zero attached hydrogens (tertiary/aromatic N) is 5. The van der Waals surface area contributed by atoms with E-state index in [4.69, 9.17) is 0 Å². The minimum Gasteiger partial charge on any atom is -0.337 e. The lowest BCUT2D eigenvalue weighted by atomic mass is 9.98. The number of piperidine rings is 1. The van der Waals surface area contributed by atoms with Crippen LogP contribution in [0.3, 0.4) is 0 Å². The highest BCUT2D eigenvalue weighted by Gasteiger charge is 2.32. The van der Waals surface area contributed by atoms with Gasteiger partial charge < -0.3 is 4.90 Å². The zero-order valence-corrected chi connectivity index (χ0v) is 16.2. The number of carbonyl (C=O) groups excluding carboxylic acids is 1. The van der Waals surface area contributed by atoms with Gasteiger partial charge in [0, 0.05) is 36.1 Å². The van der Waals surface area contributed by atoms with E-state index in [1.54, 1.807) is 12.4 Å². The SMILES string of the molecule is C[C@H]1CCC[C@H](C)N1C(=O)CSc1nnc(-c2ccncc2)n1C1CC1. The molecule has 0 aromatic carbocycles. The molecule has 1 saturated heterocycles. The summed E-state index contributed by atoms with van der Waals surface area (Å²) in [5.74, 6) is 1.52. The predicted octanol–water partition coefficient (Wildman–Crippen LogP) is 3.56. The summed E-state index contributed by atoms with van der Waals surface area (Å²) in [5.41, 5.74) is 1.02. The van der Waals surface area contributed by atoms with Gasteiger partial charge in [0.1, 0.15) is 0 Å². The summed E-state index contributed by atoms with van der Waals surface area (Å²) in [6.07, 6.45) is 9.27. The van der Waals surface area contributed by atoms with Crippen molar-refractivity contribution in [1.82, 2.24) is 24.6 Å². The minimum atomic E-state index is 0.213. The maximum Gasteiger partial charge on any atom is 0.233 e. The fourth-order valence-electron chi connectivity index (χ4n) is 3.85. The Labute approximate surface area is 158 Å². The van der Waals surface area contributed by atoms with Crippen molar-refractivity contribution in [3.8, 4) is 11.4 Å². The molecule has 4 rings (SSSR count). The lowest BCUT2D eigenvalue weighted by Crippen LogP contribution is -2.48. The third-order valence-electron chi connectivity index (χ3n) is 5.32. The van der Waals surface area contributed by atoms with Crippen LogP contribution >= 0.6 is 11.8 Å². The first-order valence-electron chi connectivity index (χ1n) is 9.44. The molecule has 7 heteroatoms. The summed E-state index contributed by atoms with van der Waals surface area (Å²) in [5, 5.41) is 9.65. The van der Waals surface area contributed by atoms with Gasteiger partial charge in [-0.25, -0.2) is 0 Å². The van der Waals surface area contributed by atoms with Crippen molar-refractivity contribution in [2.45, 2.75) is 69.2 Å². The van der Waals surface area contributed by atoms with Crippen molar-refractivity contribution in [3.63, 3.8) is 0 Å². The van der Waals surface area contributed by atoms with Crippen molar-refractivity contribution < 1.29 is 4.79 Å². The summed E-state index contributed by atoms with van der Waals surface area (Å²) in [6.45, 7) is 4.32. The van der Waals surface area contributed by atoms with Crippen molar-refractivity contribution >= 4 is 17.7 Å². The van der Waals surface area contributed by atoms with Crippen LogP contribution < -0.4 is 0 Å². The normalized spacial score (nSPS) is 23.2. The van der Waals surface area contributed by atoms with Gasteiger partial charge in [0.15, 0.2) is 11.0 Å². The molecule has 1 aliphatic heterocycles. The fraction of sp³-hybridized carbons (Fsp3) is 0.579. The number of rotatable bonds is 5. The molecule has 6 nitrogen and oxygen atoms in total. The summed E-state index contributed by atoms with van der Waals surface area (Å²) in [6, 6.07) is 5.04. The van der Waals surface area contributed by atoms with E-state index in [0.29, 0.717) is 23.9 Å². The zero-order valence-electron chi connectivity index (χ0n) is 15.3. The second kappa shape index (κ2) is 7.39. The second-order valence-corrected chi connectivity index (χ2v) is 8.30. The predicted molar refractivity (Wildman–Crippen MR) is 102 cm³/mol. The molecule has 1 amide bonds. The first-order chi connectivity index (χ1) is 12.6. The third kappa shape index (κ3) is 3.49. The highest BCUT2D eigenvalue weighted by Crippen LogP contribution is 2.41. The number of aromatic nitrogens is 4. The summed E-state index contributed by atoms with van der Waals surface area (Å²) < 4.78 is 2.20. The van der Waals surface area contributed by atoms with Crippen LogP contribution in [0.5, 0.6) is 0 Å². The van der Waals surface area contributed by atoms with E-state index in [1.165, 1.54) is 18.2 Å². The maximum atomic E-state index is 12.8. The number of pyridine rings is 1. The van der Waals surface area contributed by atoms with Crippen LogP contribution in [0.25, 0.3) is 11.4 Å². The fourth-order valence-corrected chi connectivity index (χ4v) is 4.72. The Balaban J connectivity index is 1.50. The summed E-state index contributed by atoms with van der Waals surface area (Å²) in [7, 11) is 0. The van der Waals surface area contributed by atoms with Gasteiger partial charge in [-0.2, -0.15) is 0 Å². The molecule has 0 radical (unpaired) electrons. The molecule has 0 unspecified atom stereocenters. The summed E-state index contributed by atoms with van der Waals surface area (Å²) in [4.78, 5) is 19.0. The number of likely N-dealkylation sites (tertiary alicyclic amines) is 1. The van der Waals surface area contributed by atoms with Gasteiger partial charge in [-0.3, -0.25) is 14.3 Å². The Morgan fingerprint density at radius 1 is 1.12 bits per heavy atom. The Kier molecular flexibility index (Phi) is 4.98. The monoisotopic (exact) mass is 371 g/mol. The Hall–Kier alpha value is -1.89. The Morgan fingerprint density at radius 3 is 2.46 bits per heavy atom. The van der Waals surface area contributed by atoms with E-state index in [-0.39, 0.29) is 5.91 Å². The molecule has 0 bridgehead atoms. The van der Waals surface area contributed by atoms with Crippen LogP contribution in [-0.2, 0) is 4.79 Å². The van der Waals surface area contributed by atoms with E-state index < -0.39 is 0 Å². The standard InChI is InChI=1S/C19H25N5OS/c1-13-4-3-5-14(2)23(13)17(25)12-26-19-22-21-18(24(19)16-6-7-16)15-8-10-20-11-9-15/h8-11,13-14,16H,3-7,12H2,1-2H3/t13-,14-/m0/s1. The average Bonchev–Trinajstić information content (AvgIpc) is 3.39. The number of amides is 1. The van der Waals surface area contributed by atoms with E-state index in [2.05, 4.69) is 38.5 Å². The van der Waals surface area contributed by atoms with Gasteiger partial charge in [-0.15, -0.1) is 10.2 Å². The highest BCUT2D eigenvalue weighted by molar-refractivity contribution is 7.99. The van der Waals surface area contributed by atoms with Crippen molar-refractivity contribution in [1.29, 1.82) is 0 Å². The van der Waals surface area contributed by atoms with E-state index in [1.807, 2.05) is 12.1 Å². The highest BCUT2D eigenvalue weighted by atomic mass is 32.2. The smallest absolute Gasteiger partial charge is 0.233 e. The molecule has 0 N–H and O–H groups in total. The van der Waals surface area contributed by atoms with E-state index in [0.717, 1.165) is 42.2 Å². The lowest BCUT2D eigenvalue weighted by Gasteiger charge is -2.39. The molecule has 3 heterocycles. The molecular formula is C19H25N5OS. The van der Waals surface area contributed by atoms with Crippen LogP contribution in [0.15, 0.2) is 29.7 Å². The van der Waals surface area contributed by atoms with Crippen molar-refractivity contribution in [2.75, 3.05) is 5.75 Å².